The van der Waals surface area contributed by atoms with Crippen LogP contribution in [0.3, 0.4) is 0 Å². The van der Waals surface area contributed by atoms with Crippen LogP contribution in [0.4, 0.5) is 0 Å². The van der Waals surface area contributed by atoms with Gasteiger partial charge in [-0.15, -0.1) is 0 Å². The molecule has 3 aromatic rings. The predicted octanol–water partition coefficient (Wildman–Crippen LogP) is 3.65. The van der Waals surface area contributed by atoms with Crippen molar-refractivity contribution < 1.29 is 4.74 Å². The van der Waals surface area contributed by atoms with Crippen LogP contribution in [0.1, 0.15) is 16.8 Å². The predicted molar refractivity (Wildman–Crippen MR) is 89.8 cm³/mol. The normalized spacial score (nSPS) is 13.6. The largest absolute Gasteiger partial charge is 0.455 e. The van der Waals surface area contributed by atoms with Crippen LogP contribution in [-0.2, 0) is 12.8 Å². The summed E-state index contributed by atoms with van der Waals surface area (Å²) in [6, 6.07) is 16.5. The summed E-state index contributed by atoms with van der Waals surface area (Å²) in [5.74, 6) is 1.84. The van der Waals surface area contributed by atoms with Crippen molar-refractivity contribution in [2.75, 3.05) is 6.54 Å². The maximum Gasteiger partial charge on any atom is 0.147 e. The Morgan fingerprint density at radius 2 is 1.86 bits per heavy atom. The Hall–Kier alpha value is -2.52. The molecule has 1 aliphatic rings. The summed E-state index contributed by atoms with van der Waals surface area (Å²) in [6.07, 6.45) is 3.87. The molecule has 1 aliphatic heterocycles. The fourth-order valence-electron chi connectivity index (χ4n) is 3.10. The Morgan fingerprint density at radius 3 is 2.77 bits per heavy atom. The maximum atomic E-state index is 6.12. The average molecular weight is 290 g/mol. The van der Waals surface area contributed by atoms with E-state index in [0.717, 1.165) is 35.6 Å². The number of hydrogen-bond donors (Lipinski definition) is 2. The number of H-pyrrole nitrogens is 1. The second-order valence-corrected chi connectivity index (χ2v) is 5.55. The molecule has 3 N–H and O–H groups in total. The van der Waals surface area contributed by atoms with Gasteiger partial charge in [-0.3, -0.25) is 0 Å². The summed E-state index contributed by atoms with van der Waals surface area (Å²) in [4.78, 5) is 3.50. The topological polar surface area (TPSA) is 51.0 Å². The van der Waals surface area contributed by atoms with E-state index < -0.39 is 0 Å². The summed E-state index contributed by atoms with van der Waals surface area (Å²) < 4.78 is 6.12. The van der Waals surface area contributed by atoms with Gasteiger partial charge in [-0.1, -0.05) is 36.4 Å². The number of benzene rings is 2. The number of para-hydroxylation sites is 2. The molecule has 110 valence electrons. The molecule has 2 aromatic carbocycles. The molecular formula is C19H18N2O. The van der Waals surface area contributed by atoms with Crippen molar-refractivity contribution in [2.45, 2.75) is 12.8 Å². The van der Waals surface area contributed by atoms with Gasteiger partial charge < -0.3 is 15.5 Å². The molecule has 1 aromatic heterocycles. The molecule has 0 amide bonds. The molecule has 22 heavy (non-hydrogen) atoms. The highest BCUT2D eigenvalue weighted by atomic mass is 16.5. The lowest BCUT2D eigenvalue weighted by molar-refractivity contribution is 0.495. The van der Waals surface area contributed by atoms with Gasteiger partial charge >= 0.3 is 0 Å². The standard InChI is InChI=1S/C19H18N2O/c20-12-11-15-14-6-2-3-7-16(14)21-19(15)18-10-9-13-5-1-4-8-17(13)22-18/h1-8,10,21H,9,11-12,20H2. The summed E-state index contributed by atoms with van der Waals surface area (Å²) >= 11 is 0. The van der Waals surface area contributed by atoms with Gasteiger partial charge in [0.1, 0.15) is 11.5 Å². The summed E-state index contributed by atoms with van der Waals surface area (Å²) in [5, 5.41) is 1.23. The van der Waals surface area contributed by atoms with Crippen LogP contribution in [0.5, 0.6) is 5.75 Å². The monoisotopic (exact) mass is 290 g/mol. The Balaban J connectivity index is 1.81. The van der Waals surface area contributed by atoms with Gasteiger partial charge in [-0.2, -0.15) is 0 Å². The SMILES string of the molecule is NCCc1c(C2=CCc3ccccc3O2)[nH]c2ccccc12. The molecule has 4 rings (SSSR count). The minimum absolute atomic E-state index is 0.624. The first-order valence-corrected chi connectivity index (χ1v) is 7.63. The smallest absolute Gasteiger partial charge is 0.147 e. The molecule has 2 heterocycles. The van der Waals surface area contributed by atoms with Gasteiger partial charge in [-0.25, -0.2) is 0 Å². The van der Waals surface area contributed by atoms with Crippen LogP contribution in [-0.4, -0.2) is 11.5 Å². The Kier molecular flexibility index (Phi) is 3.20. The molecule has 0 atom stereocenters. The Labute approximate surface area is 129 Å². The van der Waals surface area contributed by atoms with Crippen molar-refractivity contribution in [3.05, 3.63) is 71.4 Å². The number of ether oxygens (including phenoxy) is 1. The second-order valence-electron chi connectivity index (χ2n) is 5.55. The molecule has 0 saturated heterocycles. The number of hydrogen-bond acceptors (Lipinski definition) is 2. The van der Waals surface area contributed by atoms with Crippen LogP contribution < -0.4 is 10.5 Å². The van der Waals surface area contributed by atoms with Gasteiger partial charge in [0.2, 0.25) is 0 Å². The highest BCUT2D eigenvalue weighted by Gasteiger charge is 2.19. The molecule has 0 bridgehead atoms. The van der Waals surface area contributed by atoms with E-state index in [2.05, 4.69) is 35.3 Å². The molecule has 0 unspecified atom stereocenters. The van der Waals surface area contributed by atoms with Gasteiger partial charge in [-0.05, 0) is 48.7 Å². The third-order valence-corrected chi connectivity index (χ3v) is 4.15. The van der Waals surface area contributed by atoms with E-state index in [0.29, 0.717) is 6.54 Å². The zero-order valence-corrected chi connectivity index (χ0v) is 12.3. The van der Waals surface area contributed by atoms with E-state index in [1.165, 1.54) is 16.5 Å². The zero-order chi connectivity index (χ0) is 14.9. The van der Waals surface area contributed by atoms with E-state index >= 15 is 0 Å². The first-order valence-electron chi connectivity index (χ1n) is 7.63. The average Bonchev–Trinajstić information content (AvgIpc) is 2.94. The lowest BCUT2D eigenvalue weighted by Gasteiger charge is -2.18. The number of rotatable bonds is 3. The second kappa shape index (κ2) is 5.35. The minimum atomic E-state index is 0.624. The molecule has 0 saturated carbocycles. The van der Waals surface area contributed by atoms with Crippen molar-refractivity contribution >= 4 is 16.7 Å². The van der Waals surface area contributed by atoms with Crippen LogP contribution in [0.15, 0.2) is 54.6 Å². The highest BCUT2D eigenvalue weighted by Crippen LogP contribution is 2.34. The van der Waals surface area contributed by atoms with Crippen LogP contribution in [0.25, 0.3) is 16.7 Å². The van der Waals surface area contributed by atoms with E-state index in [1.807, 2.05) is 24.3 Å². The third kappa shape index (κ3) is 2.11. The number of allylic oxidation sites excluding steroid dienone is 1. The van der Waals surface area contributed by atoms with Gasteiger partial charge in [0.25, 0.3) is 0 Å². The van der Waals surface area contributed by atoms with Crippen molar-refractivity contribution in [3.63, 3.8) is 0 Å². The zero-order valence-electron chi connectivity index (χ0n) is 12.3. The Bertz CT molecular complexity index is 861. The number of fused-ring (bicyclic) bond motifs is 2. The van der Waals surface area contributed by atoms with Gasteiger partial charge in [0.15, 0.2) is 0 Å². The van der Waals surface area contributed by atoms with E-state index in [-0.39, 0.29) is 0 Å². The van der Waals surface area contributed by atoms with E-state index in [1.54, 1.807) is 0 Å². The molecule has 0 fully saturated rings. The van der Waals surface area contributed by atoms with Crippen molar-refractivity contribution in [1.82, 2.24) is 4.98 Å². The molecule has 3 heteroatoms. The van der Waals surface area contributed by atoms with Gasteiger partial charge in [0, 0.05) is 10.9 Å². The number of nitrogens with one attached hydrogen (secondary N) is 1. The van der Waals surface area contributed by atoms with Crippen LogP contribution in [0, 0.1) is 0 Å². The molecule has 0 aliphatic carbocycles. The van der Waals surface area contributed by atoms with E-state index in [9.17, 15) is 0 Å². The summed E-state index contributed by atoms with van der Waals surface area (Å²) in [7, 11) is 0. The molecular weight excluding hydrogens is 272 g/mol. The fourth-order valence-corrected chi connectivity index (χ4v) is 3.10. The fraction of sp³-hybridized carbons (Fsp3) is 0.158. The summed E-state index contributed by atoms with van der Waals surface area (Å²) in [6.45, 7) is 0.624. The van der Waals surface area contributed by atoms with Crippen molar-refractivity contribution in [3.8, 4) is 5.75 Å². The Morgan fingerprint density at radius 1 is 1.05 bits per heavy atom. The number of nitrogens with two attached hydrogens (primary N) is 1. The third-order valence-electron chi connectivity index (χ3n) is 4.15. The highest BCUT2D eigenvalue weighted by molar-refractivity contribution is 5.89. The number of aromatic amines is 1. The van der Waals surface area contributed by atoms with E-state index in [4.69, 9.17) is 10.5 Å². The lowest BCUT2D eigenvalue weighted by atomic mass is 10.0. The first-order chi connectivity index (χ1) is 10.9. The molecule has 0 radical (unpaired) electrons. The van der Waals surface area contributed by atoms with Crippen molar-refractivity contribution in [2.24, 2.45) is 5.73 Å². The van der Waals surface area contributed by atoms with Crippen molar-refractivity contribution in [1.29, 1.82) is 0 Å². The quantitative estimate of drug-likeness (QED) is 0.773. The number of aromatic nitrogens is 1. The molecule has 3 nitrogen and oxygen atoms in total. The van der Waals surface area contributed by atoms with Crippen LogP contribution >= 0.6 is 0 Å². The lowest BCUT2D eigenvalue weighted by Crippen LogP contribution is -2.08. The maximum absolute atomic E-state index is 6.12. The molecule has 0 spiro atoms. The first kappa shape index (κ1) is 13.2. The summed E-state index contributed by atoms with van der Waals surface area (Å²) in [5.41, 5.74) is 10.5. The minimum Gasteiger partial charge on any atom is -0.455 e. The van der Waals surface area contributed by atoms with Crippen LogP contribution in [0.2, 0.25) is 0 Å². The van der Waals surface area contributed by atoms with Gasteiger partial charge in [0.05, 0.1) is 5.69 Å².